The topological polar surface area (TPSA) is 81.3 Å². The van der Waals surface area contributed by atoms with Crippen molar-refractivity contribution in [2.24, 2.45) is 0 Å². The van der Waals surface area contributed by atoms with E-state index in [0.29, 0.717) is 26.8 Å². The number of aromatic nitrogens is 1. The van der Waals surface area contributed by atoms with Crippen molar-refractivity contribution in [2.45, 2.75) is 13.8 Å². The van der Waals surface area contributed by atoms with Crippen LogP contribution >= 0.6 is 31.8 Å². The van der Waals surface area contributed by atoms with Gasteiger partial charge in [-0.1, -0.05) is 36.5 Å². The zero-order chi connectivity index (χ0) is 22.6. The Balaban J connectivity index is 2.39. The highest BCUT2D eigenvalue weighted by Crippen LogP contribution is 2.49. The number of hydrogen-bond acceptors (Lipinski definition) is 6. The Kier molecular flexibility index (Phi) is 7.30. The quantitative estimate of drug-likeness (QED) is 0.226. The molecule has 1 atom stereocenters. The molecule has 3 aromatic rings. The minimum atomic E-state index is -3.79. The van der Waals surface area contributed by atoms with Gasteiger partial charge in [-0.3, -0.25) is 8.54 Å². The maximum absolute atomic E-state index is 14.5. The molecule has 0 N–H and O–H groups in total. The Morgan fingerprint density at radius 2 is 2.03 bits per heavy atom. The zero-order valence-corrected chi connectivity index (χ0v) is 19.5. The van der Waals surface area contributed by atoms with Crippen molar-refractivity contribution in [2.75, 3.05) is 13.2 Å². The van der Waals surface area contributed by atoms with Gasteiger partial charge in [-0.15, -0.1) is 0 Å². The van der Waals surface area contributed by atoms with E-state index in [4.69, 9.17) is 26.1 Å². The first kappa shape index (κ1) is 23.2. The molecule has 2 aromatic carbocycles. The highest BCUT2D eigenvalue weighted by atomic mass is 35.5. The number of carbonyl (C=O) groups excluding carboxylic acids is 1. The number of nitrogens with zero attached hydrogens (tertiary/aromatic N) is 2. The molecule has 3 rings (SSSR count). The molecule has 0 aliphatic carbocycles. The van der Waals surface area contributed by atoms with Crippen molar-refractivity contribution in [1.82, 2.24) is 3.97 Å². The van der Waals surface area contributed by atoms with Gasteiger partial charge in [0.15, 0.2) is 5.69 Å². The second-order valence-corrected chi connectivity index (χ2v) is 9.58. The molecule has 6 nitrogen and oxygen atoms in total. The summed E-state index contributed by atoms with van der Waals surface area (Å²) in [5, 5.41) is 10.3. The molecule has 1 aromatic heterocycles. The van der Waals surface area contributed by atoms with Crippen molar-refractivity contribution in [3.63, 3.8) is 0 Å². The fraction of sp³-hybridized carbons (Fsp3) is 0.182. The minimum absolute atomic E-state index is 0.0252. The number of esters is 1. The van der Waals surface area contributed by atoms with E-state index >= 15 is 0 Å². The Morgan fingerprint density at radius 3 is 2.71 bits per heavy atom. The van der Waals surface area contributed by atoms with E-state index in [-0.39, 0.29) is 24.2 Å². The van der Waals surface area contributed by atoms with Gasteiger partial charge in [0, 0.05) is 21.8 Å². The van der Waals surface area contributed by atoms with E-state index in [9.17, 15) is 9.36 Å². The summed E-state index contributed by atoms with van der Waals surface area (Å²) >= 11 is 10.7. The van der Waals surface area contributed by atoms with E-state index < -0.39 is 13.3 Å². The molecule has 0 amide bonds. The van der Waals surface area contributed by atoms with Crippen molar-refractivity contribution in [3.05, 3.63) is 64.8 Å². The lowest BCUT2D eigenvalue weighted by Crippen LogP contribution is -2.25. The Morgan fingerprint density at radius 1 is 1.26 bits per heavy atom. The lowest BCUT2D eigenvalue weighted by molar-refractivity contribution is 0.0520. The van der Waals surface area contributed by atoms with Crippen LogP contribution in [0.1, 0.15) is 29.9 Å². The fourth-order valence-corrected chi connectivity index (χ4v) is 6.38. The van der Waals surface area contributed by atoms with Gasteiger partial charge in [0.05, 0.1) is 30.1 Å². The first-order chi connectivity index (χ1) is 14.9. The third-order valence-electron chi connectivity index (χ3n) is 4.51. The Hall–Kier alpha value is -2.49. The summed E-state index contributed by atoms with van der Waals surface area (Å²) in [6, 6.07) is 13.8. The lowest BCUT2D eigenvalue weighted by Gasteiger charge is -2.20. The van der Waals surface area contributed by atoms with Crippen LogP contribution in [0.4, 0.5) is 0 Å². The smallest absolute Gasteiger partial charge is 0.356 e. The molecule has 1 heterocycles. The number of rotatable bonds is 7. The summed E-state index contributed by atoms with van der Waals surface area (Å²) in [5.41, 5.74) is 1.24. The maximum Gasteiger partial charge on any atom is 0.356 e. The molecule has 9 heteroatoms. The molecule has 160 valence electrons. The van der Waals surface area contributed by atoms with E-state index in [2.05, 4.69) is 12.8 Å². The van der Waals surface area contributed by atoms with Crippen LogP contribution in [0.25, 0.3) is 17.0 Å². The molecule has 0 aliphatic rings. The monoisotopic (exact) mass is 474 g/mol. The Labute approximate surface area is 191 Å². The number of halogens is 1. The molecule has 0 radical (unpaired) electrons. The summed E-state index contributed by atoms with van der Waals surface area (Å²) in [7, 11) is -3.79. The van der Waals surface area contributed by atoms with Crippen LogP contribution in [-0.2, 0) is 13.8 Å². The maximum atomic E-state index is 14.5. The number of thiol groups is 1. The van der Waals surface area contributed by atoms with Gasteiger partial charge in [0.2, 0.25) is 0 Å². The molecular weight excluding hydrogens is 455 g/mol. The van der Waals surface area contributed by atoms with Crippen LogP contribution in [0, 0.1) is 11.3 Å². The van der Waals surface area contributed by atoms with Crippen LogP contribution < -0.4 is 10.6 Å². The predicted octanol–water partition coefficient (Wildman–Crippen LogP) is 4.97. The van der Waals surface area contributed by atoms with Gasteiger partial charge < -0.3 is 9.26 Å². The molecule has 31 heavy (non-hydrogen) atoms. The second kappa shape index (κ2) is 9.76. The van der Waals surface area contributed by atoms with Crippen LogP contribution in [0.15, 0.2) is 48.5 Å². The highest BCUT2D eigenvalue weighted by molar-refractivity contribution is 7.79. The third kappa shape index (κ3) is 4.44. The predicted molar refractivity (Wildman–Crippen MR) is 127 cm³/mol. The van der Waals surface area contributed by atoms with Crippen LogP contribution in [0.2, 0.25) is 5.02 Å². The largest absolute Gasteiger partial charge is 0.461 e. The van der Waals surface area contributed by atoms with E-state index in [1.807, 2.05) is 6.07 Å². The first-order valence-electron chi connectivity index (χ1n) is 9.49. The number of fused-ring (bicyclic) bond motifs is 1. The number of allylic oxidation sites excluding steroid dienone is 1. The van der Waals surface area contributed by atoms with Gasteiger partial charge in [0.1, 0.15) is 0 Å². The van der Waals surface area contributed by atoms with Crippen LogP contribution in [-0.4, -0.2) is 23.2 Å². The molecular formula is C22H20ClN2O4PS. The molecule has 0 fully saturated rings. The first-order valence-corrected chi connectivity index (χ1v) is 11.9. The summed E-state index contributed by atoms with van der Waals surface area (Å²) in [6.45, 7) is 3.69. The van der Waals surface area contributed by atoms with Crippen molar-refractivity contribution in [3.8, 4) is 6.07 Å². The van der Waals surface area contributed by atoms with Crippen molar-refractivity contribution < 1.29 is 18.6 Å². The van der Waals surface area contributed by atoms with E-state index in [1.165, 1.54) is 10.0 Å². The van der Waals surface area contributed by atoms with Gasteiger partial charge in [0.25, 0.3) is 7.37 Å². The minimum Gasteiger partial charge on any atom is -0.461 e. The number of carbonyl (C=O) groups is 1. The average molecular weight is 475 g/mol. The summed E-state index contributed by atoms with van der Waals surface area (Å²) in [4.78, 5) is 12.9. The number of ether oxygens (including phenoxy) is 1. The molecule has 1 unspecified atom stereocenters. The molecule has 0 saturated carbocycles. The average Bonchev–Trinajstić information content (AvgIpc) is 3.05. The fourth-order valence-electron chi connectivity index (χ4n) is 3.31. The summed E-state index contributed by atoms with van der Waals surface area (Å²) in [6.07, 6.45) is 2.93. The van der Waals surface area contributed by atoms with Crippen molar-refractivity contribution >= 4 is 65.3 Å². The van der Waals surface area contributed by atoms with E-state index in [0.717, 1.165) is 0 Å². The van der Waals surface area contributed by atoms with Gasteiger partial charge >= 0.3 is 5.97 Å². The SMILES string of the molecule is CCOC(=O)c1c(P(=O)(OCC)c2cccc(/C=C\C#N)c2)c2cc(Cl)ccc2n1S. The van der Waals surface area contributed by atoms with E-state index in [1.54, 1.807) is 62.4 Å². The normalized spacial score (nSPS) is 13.3. The molecule has 0 spiro atoms. The van der Waals surface area contributed by atoms with Gasteiger partial charge in [-0.05, 0) is 55.8 Å². The number of nitriles is 1. The highest BCUT2D eigenvalue weighted by Gasteiger charge is 2.38. The van der Waals surface area contributed by atoms with Gasteiger partial charge in [-0.2, -0.15) is 5.26 Å². The number of benzene rings is 2. The van der Waals surface area contributed by atoms with Crippen LogP contribution in [0.5, 0.6) is 0 Å². The Bertz CT molecular complexity index is 1260. The number of hydrogen-bond donors (Lipinski definition) is 1. The summed E-state index contributed by atoms with van der Waals surface area (Å²) < 4.78 is 26.9. The second-order valence-electron chi connectivity index (χ2n) is 6.42. The van der Waals surface area contributed by atoms with Crippen molar-refractivity contribution in [1.29, 1.82) is 5.26 Å². The van der Waals surface area contributed by atoms with Crippen LogP contribution in [0.3, 0.4) is 0 Å². The summed E-state index contributed by atoms with van der Waals surface area (Å²) in [5.74, 6) is -0.666. The molecule has 0 bridgehead atoms. The molecule has 0 saturated heterocycles. The third-order valence-corrected chi connectivity index (χ3v) is 7.78. The zero-order valence-electron chi connectivity index (χ0n) is 16.9. The standard InChI is InChI=1S/C22H20ClN2O4PS/c1-3-28-22(26)20-21(18-14-16(23)10-11-19(18)25(20)31)30(27,29-4-2)17-9-5-7-15(13-17)8-6-12-24/h5-11,13-14,31H,3-4H2,1-2H3/b8-6-. The lowest BCUT2D eigenvalue weighted by atomic mass is 10.2. The molecule has 0 aliphatic heterocycles. The van der Waals surface area contributed by atoms with Gasteiger partial charge in [-0.25, -0.2) is 4.79 Å².